The van der Waals surface area contributed by atoms with E-state index in [1.165, 1.54) is 0 Å². The molecular formula is C23H17N3O3S2. The predicted molar refractivity (Wildman–Crippen MR) is 129 cm³/mol. The molecule has 0 amide bonds. The summed E-state index contributed by atoms with van der Waals surface area (Å²) in [6.07, 6.45) is 0. The third kappa shape index (κ3) is 4.65. The van der Waals surface area contributed by atoms with Gasteiger partial charge < -0.3 is 10.4 Å². The van der Waals surface area contributed by atoms with Crippen LogP contribution in [0.25, 0.3) is 28.0 Å². The highest BCUT2D eigenvalue weighted by atomic mass is 32.2. The minimum absolute atomic E-state index is 0.109. The molecule has 4 rings (SSSR count). The summed E-state index contributed by atoms with van der Waals surface area (Å²) < 4.78 is 1.96. The summed E-state index contributed by atoms with van der Waals surface area (Å²) in [5, 5.41) is 12.3. The highest BCUT2D eigenvalue weighted by molar-refractivity contribution is 8.23. The minimum atomic E-state index is -0.930. The van der Waals surface area contributed by atoms with Gasteiger partial charge in [-0.1, -0.05) is 66.4 Å². The number of nitrogens with one attached hydrogen (secondary N) is 1. The highest BCUT2D eigenvalue weighted by Crippen LogP contribution is 2.23. The molecular weight excluding hydrogens is 430 g/mol. The molecule has 1 aromatic heterocycles. The quantitative estimate of drug-likeness (QED) is 0.434. The molecule has 0 spiro atoms. The van der Waals surface area contributed by atoms with Crippen molar-refractivity contribution in [1.82, 2.24) is 9.55 Å². The van der Waals surface area contributed by atoms with Crippen molar-refractivity contribution >= 4 is 50.9 Å². The van der Waals surface area contributed by atoms with Gasteiger partial charge in [-0.25, -0.2) is 4.98 Å². The molecule has 6 nitrogen and oxygen atoms in total. The fourth-order valence-corrected chi connectivity index (χ4v) is 3.87. The number of anilines is 1. The topological polar surface area (TPSA) is 84.2 Å². The fourth-order valence-electron chi connectivity index (χ4n) is 3.13. The molecule has 0 atom stereocenters. The number of hydrogen-bond donors (Lipinski definition) is 2. The molecule has 3 aromatic carbocycles. The van der Waals surface area contributed by atoms with Gasteiger partial charge in [0.1, 0.15) is 10.1 Å². The van der Waals surface area contributed by atoms with Gasteiger partial charge in [0.25, 0.3) is 5.56 Å². The molecule has 0 fully saturated rings. The van der Waals surface area contributed by atoms with Crippen LogP contribution in [0.3, 0.4) is 0 Å². The van der Waals surface area contributed by atoms with Gasteiger partial charge in [0.05, 0.1) is 22.3 Å². The van der Waals surface area contributed by atoms with Crippen LogP contribution in [0, 0.1) is 0 Å². The molecule has 0 saturated heterocycles. The fraction of sp³-hybridized carbons (Fsp3) is 0.0435. The molecule has 154 valence electrons. The van der Waals surface area contributed by atoms with Gasteiger partial charge in [0, 0.05) is 11.3 Å². The zero-order valence-corrected chi connectivity index (χ0v) is 17.8. The van der Waals surface area contributed by atoms with E-state index in [0.29, 0.717) is 32.4 Å². The van der Waals surface area contributed by atoms with Crippen LogP contribution in [0.1, 0.15) is 0 Å². The van der Waals surface area contributed by atoms with E-state index in [9.17, 15) is 9.59 Å². The maximum absolute atomic E-state index is 13.4. The Hall–Kier alpha value is -3.49. The first kappa shape index (κ1) is 20.8. The lowest BCUT2D eigenvalue weighted by Crippen LogP contribution is -2.22. The lowest BCUT2D eigenvalue weighted by molar-refractivity contribution is -0.133. The van der Waals surface area contributed by atoms with E-state index in [2.05, 4.69) is 5.32 Å². The number of thioether (sulfide) groups is 1. The number of para-hydroxylation sites is 1. The largest absolute Gasteiger partial charge is 0.481 e. The van der Waals surface area contributed by atoms with Gasteiger partial charge in [0.15, 0.2) is 0 Å². The second-order valence-corrected chi connectivity index (χ2v) is 8.25. The molecule has 0 aliphatic carbocycles. The summed E-state index contributed by atoms with van der Waals surface area (Å²) in [7, 11) is 0. The van der Waals surface area contributed by atoms with Crippen molar-refractivity contribution in [2.24, 2.45) is 0 Å². The summed E-state index contributed by atoms with van der Waals surface area (Å²) in [6, 6.07) is 24.0. The van der Waals surface area contributed by atoms with E-state index in [1.807, 2.05) is 48.5 Å². The third-order valence-corrected chi connectivity index (χ3v) is 5.72. The van der Waals surface area contributed by atoms with Gasteiger partial charge in [-0.15, -0.1) is 0 Å². The van der Waals surface area contributed by atoms with Crippen molar-refractivity contribution in [3.8, 4) is 17.1 Å². The number of carbonyl (C=O) groups is 1. The summed E-state index contributed by atoms with van der Waals surface area (Å²) in [6.45, 7) is 0. The van der Waals surface area contributed by atoms with Crippen LogP contribution in [0.15, 0.2) is 83.7 Å². The molecule has 0 saturated carbocycles. The molecule has 0 aliphatic heterocycles. The van der Waals surface area contributed by atoms with Crippen molar-refractivity contribution in [2.45, 2.75) is 0 Å². The molecule has 2 N–H and O–H groups in total. The summed E-state index contributed by atoms with van der Waals surface area (Å²) in [5.74, 6) is -0.485. The number of thiocarbonyl (C=S) groups is 1. The number of hydrogen-bond acceptors (Lipinski definition) is 5. The van der Waals surface area contributed by atoms with Crippen LogP contribution in [-0.2, 0) is 4.79 Å². The molecule has 1 heterocycles. The Morgan fingerprint density at radius 3 is 2.39 bits per heavy atom. The van der Waals surface area contributed by atoms with Crippen molar-refractivity contribution < 1.29 is 9.90 Å². The Kier molecular flexibility index (Phi) is 6.11. The van der Waals surface area contributed by atoms with Crippen LogP contribution in [0.4, 0.5) is 5.69 Å². The molecule has 31 heavy (non-hydrogen) atoms. The second-order valence-electron chi connectivity index (χ2n) is 6.60. The van der Waals surface area contributed by atoms with E-state index >= 15 is 0 Å². The number of rotatable bonds is 5. The number of aliphatic carboxylic acids is 1. The number of nitrogens with zero attached hydrogens (tertiary/aromatic N) is 2. The Morgan fingerprint density at radius 2 is 1.68 bits per heavy atom. The average Bonchev–Trinajstić information content (AvgIpc) is 2.79. The van der Waals surface area contributed by atoms with Gasteiger partial charge >= 0.3 is 5.97 Å². The monoisotopic (exact) mass is 447 g/mol. The number of carboxylic acids is 1. The first-order valence-electron chi connectivity index (χ1n) is 9.36. The number of fused-ring (bicyclic) bond motifs is 1. The van der Waals surface area contributed by atoms with E-state index in [1.54, 1.807) is 34.9 Å². The first-order valence-corrected chi connectivity index (χ1v) is 10.8. The smallest absolute Gasteiger partial charge is 0.313 e. The predicted octanol–water partition coefficient (Wildman–Crippen LogP) is 4.57. The minimum Gasteiger partial charge on any atom is -0.481 e. The van der Waals surface area contributed by atoms with Crippen molar-refractivity contribution in [2.75, 3.05) is 11.1 Å². The summed E-state index contributed by atoms with van der Waals surface area (Å²) in [4.78, 5) is 28.8. The first-order chi connectivity index (χ1) is 15.0. The van der Waals surface area contributed by atoms with Crippen LogP contribution in [0.5, 0.6) is 0 Å². The second kappa shape index (κ2) is 9.11. The molecule has 0 bridgehead atoms. The van der Waals surface area contributed by atoms with E-state index < -0.39 is 5.97 Å². The van der Waals surface area contributed by atoms with Crippen molar-refractivity contribution in [3.63, 3.8) is 0 Å². The SMILES string of the molecule is O=C(O)CSC(=S)Nc1ccc(-n2c(-c3ccccc3)nc3ccccc3c2=O)cc1. The lowest BCUT2D eigenvalue weighted by atomic mass is 10.1. The normalized spacial score (nSPS) is 10.7. The summed E-state index contributed by atoms with van der Waals surface area (Å²) in [5.41, 5.74) is 2.68. The van der Waals surface area contributed by atoms with Crippen LogP contribution in [0.2, 0.25) is 0 Å². The zero-order valence-electron chi connectivity index (χ0n) is 16.2. The van der Waals surface area contributed by atoms with E-state index in [0.717, 1.165) is 17.3 Å². The van der Waals surface area contributed by atoms with Crippen LogP contribution < -0.4 is 10.9 Å². The highest BCUT2D eigenvalue weighted by Gasteiger charge is 2.14. The van der Waals surface area contributed by atoms with E-state index in [-0.39, 0.29) is 11.3 Å². The standard InChI is InChI=1S/C23H17N3O3S2/c27-20(28)14-31-23(30)24-16-10-12-17(13-11-16)26-21(15-6-2-1-3-7-15)25-19-9-5-4-8-18(19)22(26)29/h1-13H,14H2,(H,24,30)(H,27,28). The van der Waals surface area contributed by atoms with Gasteiger partial charge in [-0.05, 0) is 36.4 Å². The average molecular weight is 448 g/mol. The third-order valence-electron chi connectivity index (χ3n) is 4.51. The van der Waals surface area contributed by atoms with Crippen molar-refractivity contribution in [1.29, 1.82) is 0 Å². The van der Waals surface area contributed by atoms with E-state index in [4.69, 9.17) is 22.3 Å². The number of aromatic nitrogens is 2. The molecule has 4 aromatic rings. The summed E-state index contributed by atoms with van der Waals surface area (Å²) >= 11 is 6.20. The maximum Gasteiger partial charge on any atom is 0.313 e. The lowest BCUT2D eigenvalue weighted by Gasteiger charge is -2.15. The number of benzene rings is 3. The number of carboxylic acid groups (broad SMARTS) is 1. The van der Waals surface area contributed by atoms with Gasteiger partial charge in [-0.3, -0.25) is 14.2 Å². The Bertz CT molecular complexity index is 1320. The van der Waals surface area contributed by atoms with Crippen LogP contribution >= 0.6 is 24.0 Å². The Labute approximate surface area is 187 Å². The Balaban J connectivity index is 1.75. The molecule has 0 aliphatic rings. The van der Waals surface area contributed by atoms with Crippen LogP contribution in [-0.4, -0.2) is 30.7 Å². The molecule has 0 unspecified atom stereocenters. The zero-order chi connectivity index (χ0) is 21.8. The van der Waals surface area contributed by atoms with Gasteiger partial charge in [-0.2, -0.15) is 0 Å². The maximum atomic E-state index is 13.4. The Morgan fingerprint density at radius 1 is 1.00 bits per heavy atom. The molecule has 0 radical (unpaired) electrons. The van der Waals surface area contributed by atoms with Crippen molar-refractivity contribution in [3.05, 3.63) is 89.2 Å². The van der Waals surface area contributed by atoms with Gasteiger partial charge in [0.2, 0.25) is 0 Å². The molecule has 8 heteroatoms.